The molecule has 1 aliphatic rings. The molecule has 0 bridgehead atoms. The van der Waals surface area contributed by atoms with Gasteiger partial charge >= 0.3 is 6.09 Å². The van der Waals surface area contributed by atoms with Crippen molar-refractivity contribution >= 4 is 12.0 Å². The molecule has 1 aromatic carbocycles. The molecular weight excluding hydrogens is 340 g/mol. The summed E-state index contributed by atoms with van der Waals surface area (Å²) >= 11 is 0. The highest BCUT2D eigenvalue weighted by molar-refractivity contribution is 5.82. The molecule has 0 aliphatic carbocycles. The van der Waals surface area contributed by atoms with Gasteiger partial charge < -0.3 is 15.0 Å². The van der Waals surface area contributed by atoms with Crippen LogP contribution in [0.4, 0.5) is 4.79 Å². The zero-order chi connectivity index (χ0) is 20.0. The van der Waals surface area contributed by atoms with Gasteiger partial charge in [0.25, 0.3) is 0 Å². The van der Waals surface area contributed by atoms with E-state index in [2.05, 4.69) is 11.9 Å². The van der Waals surface area contributed by atoms with E-state index >= 15 is 0 Å². The number of hydrogen-bond donors (Lipinski definition) is 1. The maximum absolute atomic E-state index is 12.9. The smallest absolute Gasteiger partial charge is 0.408 e. The maximum atomic E-state index is 12.9. The third kappa shape index (κ3) is 5.46. The molecule has 1 heterocycles. The van der Waals surface area contributed by atoms with Gasteiger partial charge in [-0.2, -0.15) is 0 Å². The van der Waals surface area contributed by atoms with Crippen LogP contribution in [0.15, 0.2) is 54.8 Å². The van der Waals surface area contributed by atoms with Crippen molar-refractivity contribution in [2.45, 2.75) is 52.2 Å². The molecule has 1 aliphatic heterocycles. The first-order valence-corrected chi connectivity index (χ1v) is 9.43. The van der Waals surface area contributed by atoms with E-state index in [9.17, 15) is 9.59 Å². The molecule has 5 nitrogen and oxygen atoms in total. The molecule has 146 valence electrons. The van der Waals surface area contributed by atoms with Crippen molar-refractivity contribution in [1.29, 1.82) is 0 Å². The van der Waals surface area contributed by atoms with E-state index in [0.29, 0.717) is 13.0 Å². The highest BCUT2D eigenvalue weighted by Crippen LogP contribution is 2.32. The van der Waals surface area contributed by atoms with Crippen molar-refractivity contribution in [1.82, 2.24) is 10.2 Å². The highest BCUT2D eigenvalue weighted by atomic mass is 16.6. The van der Waals surface area contributed by atoms with Gasteiger partial charge in [-0.05, 0) is 39.2 Å². The number of ether oxygens (including phenoxy) is 1. The molecule has 2 amide bonds. The van der Waals surface area contributed by atoms with Crippen molar-refractivity contribution in [2.24, 2.45) is 5.92 Å². The van der Waals surface area contributed by atoms with E-state index < -0.39 is 17.7 Å². The Morgan fingerprint density at radius 2 is 2.04 bits per heavy atom. The van der Waals surface area contributed by atoms with Gasteiger partial charge in [0.1, 0.15) is 5.60 Å². The first-order valence-electron chi connectivity index (χ1n) is 9.43. The predicted octanol–water partition coefficient (Wildman–Crippen LogP) is 4.58. The summed E-state index contributed by atoms with van der Waals surface area (Å²) in [5, 5.41) is 2.94. The summed E-state index contributed by atoms with van der Waals surface area (Å²) < 4.78 is 5.44. The number of carbonyl (C=O) groups excluding carboxylic acids is 2. The minimum Gasteiger partial charge on any atom is -0.444 e. The Bertz CT molecular complexity index is 704. The number of nitrogens with one attached hydrogen (secondary N) is 1. The minimum absolute atomic E-state index is 0.0355. The van der Waals surface area contributed by atoms with Gasteiger partial charge in [-0.3, -0.25) is 4.79 Å². The predicted molar refractivity (Wildman–Crippen MR) is 107 cm³/mol. The first kappa shape index (κ1) is 20.7. The second kappa shape index (κ2) is 8.89. The van der Waals surface area contributed by atoms with Gasteiger partial charge in [0, 0.05) is 18.2 Å². The molecule has 2 atom stereocenters. The Balaban J connectivity index is 2.39. The molecule has 5 heteroatoms. The number of benzene rings is 1. The molecule has 1 N–H and O–H groups in total. The van der Waals surface area contributed by atoms with Crippen molar-refractivity contribution in [3.8, 4) is 0 Å². The molecular formula is C22H30N2O3. The largest absolute Gasteiger partial charge is 0.444 e. The average Bonchev–Trinajstić information content (AvgIpc) is 2.61. The van der Waals surface area contributed by atoms with Gasteiger partial charge in [-0.15, -0.1) is 6.58 Å². The molecule has 0 aromatic heterocycles. The normalized spacial score (nSPS) is 18.5. The average molecular weight is 370 g/mol. The second-order valence-electron chi connectivity index (χ2n) is 7.70. The highest BCUT2D eigenvalue weighted by Gasteiger charge is 2.34. The second-order valence-corrected chi connectivity index (χ2v) is 7.70. The number of rotatable bonds is 6. The van der Waals surface area contributed by atoms with Crippen molar-refractivity contribution in [2.75, 3.05) is 6.54 Å². The van der Waals surface area contributed by atoms with Crippen LogP contribution in [0.2, 0.25) is 0 Å². The number of carbonyl (C=O) groups is 2. The lowest BCUT2D eigenvalue weighted by Gasteiger charge is -2.36. The Hall–Kier alpha value is -2.56. The number of nitrogens with zero attached hydrogens (tertiary/aromatic N) is 1. The lowest BCUT2D eigenvalue weighted by atomic mass is 9.91. The fourth-order valence-electron chi connectivity index (χ4n) is 3.16. The molecule has 1 unspecified atom stereocenters. The number of amides is 2. The van der Waals surface area contributed by atoms with Crippen LogP contribution in [0.3, 0.4) is 0 Å². The zero-order valence-corrected chi connectivity index (χ0v) is 16.7. The van der Waals surface area contributed by atoms with Crippen LogP contribution < -0.4 is 5.32 Å². The van der Waals surface area contributed by atoms with Crippen LogP contribution in [0.25, 0.3) is 0 Å². The van der Waals surface area contributed by atoms with Gasteiger partial charge in [0.15, 0.2) is 0 Å². The molecule has 27 heavy (non-hydrogen) atoms. The van der Waals surface area contributed by atoms with E-state index in [1.807, 2.05) is 64.1 Å². The molecule has 0 radical (unpaired) electrons. The summed E-state index contributed by atoms with van der Waals surface area (Å²) in [4.78, 5) is 27.1. The minimum atomic E-state index is -0.601. The number of hydrogen-bond acceptors (Lipinski definition) is 3. The zero-order valence-electron chi connectivity index (χ0n) is 16.7. The van der Waals surface area contributed by atoms with E-state index in [1.165, 1.54) is 0 Å². The van der Waals surface area contributed by atoms with Gasteiger partial charge in [-0.1, -0.05) is 49.4 Å². The van der Waals surface area contributed by atoms with Crippen molar-refractivity contribution < 1.29 is 14.3 Å². The Morgan fingerprint density at radius 3 is 2.59 bits per heavy atom. The Kier molecular flexibility index (Phi) is 6.83. The lowest BCUT2D eigenvalue weighted by Crippen LogP contribution is -2.44. The van der Waals surface area contributed by atoms with E-state index in [4.69, 9.17) is 4.74 Å². The fraction of sp³-hybridized carbons (Fsp3) is 0.455. The number of allylic oxidation sites excluding steroid dienone is 1. The monoisotopic (exact) mass is 370 g/mol. The summed E-state index contributed by atoms with van der Waals surface area (Å²) in [7, 11) is 0. The third-order valence-corrected chi connectivity index (χ3v) is 4.43. The van der Waals surface area contributed by atoms with Crippen LogP contribution >= 0.6 is 0 Å². The topological polar surface area (TPSA) is 58.6 Å². The van der Waals surface area contributed by atoms with Gasteiger partial charge in [-0.25, -0.2) is 4.79 Å². The van der Waals surface area contributed by atoms with Crippen LogP contribution in [-0.2, 0) is 9.53 Å². The van der Waals surface area contributed by atoms with Crippen LogP contribution in [0.1, 0.15) is 52.1 Å². The molecule has 0 fully saturated rings. The standard InChI is InChI=1S/C22H30N2O3/c1-6-15-24-18(14-13-16(7-2)20(24)25)19(17-11-9-8-10-12-17)23-21(26)27-22(3,4)5/h6,8-12,14,16,19H,1,7,13,15H2,2-5H3,(H,23,26)/t16?,19-/m1/s1. The van der Waals surface area contributed by atoms with Crippen LogP contribution in [0.5, 0.6) is 0 Å². The molecule has 0 spiro atoms. The third-order valence-electron chi connectivity index (χ3n) is 4.43. The van der Waals surface area contributed by atoms with E-state index in [1.54, 1.807) is 11.0 Å². The van der Waals surface area contributed by atoms with Crippen LogP contribution in [0, 0.1) is 5.92 Å². The molecule has 2 rings (SSSR count). The summed E-state index contributed by atoms with van der Waals surface area (Å²) in [6.07, 6.45) is 4.69. The number of alkyl carbamates (subject to hydrolysis) is 1. The Morgan fingerprint density at radius 1 is 1.37 bits per heavy atom. The molecule has 1 aromatic rings. The first-order chi connectivity index (χ1) is 12.8. The fourth-order valence-corrected chi connectivity index (χ4v) is 3.16. The summed E-state index contributed by atoms with van der Waals surface area (Å²) in [5.41, 5.74) is 1.06. The SMILES string of the molecule is C=CCN1C(=O)C(CC)CC=C1[C@H](NC(=O)OC(C)(C)C)c1ccccc1. The van der Waals surface area contributed by atoms with E-state index in [0.717, 1.165) is 17.7 Å². The Labute approximate surface area is 162 Å². The summed E-state index contributed by atoms with van der Waals surface area (Å²) in [6, 6.07) is 9.15. The maximum Gasteiger partial charge on any atom is 0.408 e. The van der Waals surface area contributed by atoms with E-state index in [-0.39, 0.29) is 11.8 Å². The van der Waals surface area contributed by atoms with Gasteiger partial charge in [0.2, 0.25) is 5.91 Å². The lowest BCUT2D eigenvalue weighted by molar-refractivity contribution is -0.134. The van der Waals surface area contributed by atoms with Crippen molar-refractivity contribution in [3.05, 3.63) is 60.3 Å². The van der Waals surface area contributed by atoms with Gasteiger partial charge in [0.05, 0.1) is 6.04 Å². The summed E-state index contributed by atoms with van der Waals surface area (Å²) in [6.45, 7) is 11.7. The molecule has 0 saturated heterocycles. The quantitative estimate of drug-likeness (QED) is 0.746. The van der Waals surface area contributed by atoms with Crippen LogP contribution in [-0.4, -0.2) is 29.0 Å². The summed E-state index contributed by atoms with van der Waals surface area (Å²) in [5.74, 6) is 0.0356. The molecule has 0 saturated carbocycles. The van der Waals surface area contributed by atoms with Crippen molar-refractivity contribution in [3.63, 3.8) is 0 Å².